The fourth-order valence-corrected chi connectivity index (χ4v) is 3.69. The van der Waals surface area contributed by atoms with Crippen molar-refractivity contribution in [1.82, 2.24) is 9.80 Å². The van der Waals surface area contributed by atoms with E-state index in [9.17, 15) is 32.3 Å². The SMILES string of the molecule is COC(=O)CN(CC1CCN1C(=O)O)C1(c2ccc(F)c(C(F)(F)F)c2)CC1. The van der Waals surface area contributed by atoms with E-state index in [4.69, 9.17) is 4.74 Å². The molecule has 1 heterocycles. The lowest BCUT2D eigenvalue weighted by atomic mass is 9.96. The molecule has 0 spiro atoms. The molecule has 28 heavy (non-hydrogen) atoms. The number of carboxylic acid groups (broad SMARTS) is 1. The van der Waals surface area contributed by atoms with Gasteiger partial charge in [-0.05, 0) is 37.0 Å². The van der Waals surface area contributed by atoms with Crippen LogP contribution in [-0.2, 0) is 21.2 Å². The van der Waals surface area contributed by atoms with Crippen LogP contribution in [0.3, 0.4) is 0 Å². The van der Waals surface area contributed by atoms with Crippen LogP contribution >= 0.6 is 0 Å². The van der Waals surface area contributed by atoms with Gasteiger partial charge >= 0.3 is 18.2 Å². The Kier molecular flexibility index (Phi) is 5.26. The molecular formula is C18H20F4N2O4. The molecule has 2 aliphatic rings. The van der Waals surface area contributed by atoms with E-state index in [0.717, 1.165) is 12.1 Å². The average Bonchev–Trinajstić information content (AvgIpc) is 3.37. The normalized spacial score (nSPS) is 20.6. The summed E-state index contributed by atoms with van der Waals surface area (Å²) in [4.78, 5) is 26.0. The molecule has 1 amide bonds. The maximum atomic E-state index is 13.7. The Morgan fingerprint density at radius 1 is 1.36 bits per heavy atom. The molecule has 3 rings (SSSR count). The fraction of sp³-hybridized carbons (Fsp3) is 0.556. The molecule has 1 aliphatic carbocycles. The van der Waals surface area contributed by atoms with Crippen LogP contribution in [0.15, 0.2) is 18.2 Å². The van der Waals surface area contributed by atoms with Gasteiger partial charge in [-0.2, -0.15) is 13.2 Å². The minimum atomic E-state index is -4.84. The van der Waals surface area contributed by atoms with E-state index in [1.165, 1.54) is 18.1 Å². The van der Waals surface area contributed by atoms with Crippen molar-refractivity contribution >= 4 is 12.1 Å². The van der Waals surface area contributed by atoms with E-state index in [-0.39, 0.29) is 24.7 Å². The van der Waals surface area contributed by atoms with Gasteiger partial charge in [0.1, 0.15) is 5.82 Å². The molecule has 1 N–H and O–H groups in total. The van der Waals surface area contributed by atoms with Crippen molar-refractivity contribution in [1.29, 1.82) is 0 Å². The van der Waals surface area contributed by atoms with Crippen molar-refractivity contribution in [3.8, 4) is 0 Å². The summed E-state index contributed by atoms with van der Waals surface area (Å²) in [6.45, 7) is 0.354. The maximum absolute atomic E-state index is 13.7. The van der Waals surface area contributed by atoms with Crippen LogP contribution in [0.2, 0.25) is 0 Å². The van der Waals surface area contributed by atoms with E-state index >= 15 is 0 Å². The van der Waals surface area contributed by atoms with Crippen LogP contribution in [0.5, 0.6) is 0 Å². The van der Waals surface area contributed by atoms with E-state index in [0.29, 0.717) is 25.8 Å². The highest BCUT2D eigenvalue weighted by atomic mass is 19.4. The van der Waals surface area contributed by atoms with Crippen LogP contribution in [0.25, 0.3) is 0 Å². The molecular weight excluding hydrogens is 384 g/mol. The summed E-state index contributed by atoms with van der Waals surface area (Å²) in [7, 11) is 1.20. The number of halogens is 4. The van der Waals surface area contributed by atoms with Gasteiger partial charge in [0.2, 0.25) is 0 Å². The Hall–Kier alpha value is -2.36. The van der Waals surface area contributed by atoms with Crippen molar-refractivity contribution in [2.24, 2.45) is 0 Å². The highest BCUT2D eigenvalue weighted by Gasteiger charge is 2.52. The first kappa shape index (κ1) is 20.4. The van der Waals surface area contributed by atoms with Gasteiger partial charge in [-0.3, -0.25) is 9.69 Å². The third-order valence-corrected chi connectivity index (χ3v) is 5.51. The summed E-state index contributed by atoms with van der Waals surface area (Å²) in [6.07, 6.45) is -4.37. The molecule has 1 aromatic rings. The number of methoxy groups -OCH3 is 1. The number of rotatable bonds is 6. The summed E-state index contributed by atoms with van der Waals surface area (Å²) in [6, 6.07) is 2.49. The second-order valence-electron chi connectivity index (χ2n) is 7.10. The average molecular weight is 404 g/mol. The molecule has 1 atom stereocenters. The molecule has 154 valence electrons. The predicted molar refractivity (Wildman–Crippen MR) is 89.0 cm³/mol. The molecule has 1 aliphatic heterocycles. The number of benzene rings is 1. The van der Waals surface area contributed by atoms with Crippen LogP contribution in [-0.4, -0.2) is 59.8 Å². The lowest BCUT2D eigenvalue weighted by Gasteiger charge is -2.43. The zero-order valence-corrected chi connectivity index (χ0v) is 15.1. The highest BCUT2D eigenvalue weighted by molar-refractivity contribution is 5.72. The quantitative estimate of drug-likeness (QED) is 0.583. The van der Waals surface area contributed by atoms with Gasteiger partial charge in [0.05, 0.1) is 19.2 Å². The van der Waals surface area contributed by atoms with E-state index in [1.807, 2.05) is 0 Å². The standard InChI is InChI=1S/C18H20F4N2O4/c1-28-15(25)10-23(9-12-4-7-24(12)16(26)27)17(5-6-17)11-2-3-14(19)13(8-11)18(20,21)22/h2-3,8,12H,4-7,9-10H2,1H3,(H,26,27). The van der Waals surface area contributed by atoms with Gasteiger partial charge in [0.25, 0.3) is 0 Å². The molecule has 10 heteroatoms. The number of hydrogen-bond donors (Lipinski definition) is 1. The van der Waals surface area contributed by atoms with Crippen LogP contribution in [0, 0.1) is 5.82 Å². The molecule has 0 aromatic heterocycles. The van der Waals surface area contributed by atoms with Crippen LogP contribution in [0.4, 0.5) is 22.4 Å². The zero-order chi connectivity index (χ0) is 20.7. The van der Waals surface area contributed by atoms with Crippen molar-refractivity contribution < 1.29 is 37.0 Å². The second-order valence-corrected chi connectivity index (χ2v) is 7.10. The minimum Gasteiger partial charge on any atom is -0.468 e. The third kappa shape index (κ3) is 3.78. The Labute approximate surface area is 158 Å². The Morgan fingerprint density at radius 3 is 2.50 bits per heavy atom. The van der Waals surface area contributed by atoms with Gasteiger partial charge < -0.3 is 14.7 Å². The first-order valence-electron chi connectivity index (χ1n) is 8.77. The summed E-state index contributed by atoms with van der Waals surface area (Å²) in [5.74, 6) is -1.94. The maximum Gasteiger partial charge on any atom is 0.419 e. The number of amides is 1. The second kappa shape index (κ2) is 7.23. The number of likely N-dealkylation sites (tertiary alicyclic amines) is 1. The lowest BCUT2D eigenvalue weighted by Crippen LogP contribution is -2.57. The van der Waals surface area contributed by atoms with Crippen LogP contribution < -0.4 is 0 Å². The first-order valence-corrected chi connectivity index (χ1v) is 8.77. The predicted octanol–water partition coefficient (Wildman–Crippen LogP) is 3.06. The summed E-state index contributed by atoms with van der Waals surface area (Å²) < 4.78 is 57.7. The largest absolute Gasteiger partial charge is 0.468 e. The molecule has 1 unspecified atom stereocenters. The monoisotopic (exact) mass is 404 g/mol. The van der Waals surface area contributed by atoms with Crippen molar-refractivity contribution in [3.05, 3.63) is 35.1 Å². The number of ether oxygens (including phenoxy) is 1. The number of carbonyl (C=O) groups is 2. The molecule has 1 saturated heterocycles. The van der Waals surface area contributed by atoms with Crippen molar-refractivity contribution in [3.63, 3.8) is 0 Å². The topological polar surface area (TPSA) is 70.1 Å². The van der Waals surface area contributed by atoms with Gasteiger partial charge in [-0.15, -0.1) is 0 Å². The van der Waals surface area contributed by atoms with Gasteiger partial charge in [0.15, 0.2) is 0 Å². The molecule has 0 bridgehead atoms. The van der Waals surface area contributed by atoms with Gasteiger partial charge in [-0.25, -0.2) is 9.18 Å². The lowest BCUT2D eigenvalue weighted by molar-refractivity contribution is -0.144. The van der Waals surface area contributed by atoms with Crippen molar-refractivity contribution in [2.75, 3.05) is 26.7 Å². The number of alkyl halides is 3. The number of esters is 1. The van der Waals surface area contributed by atoms with Gasteiger partial charge in [0, 0.05) is 24.7 Å². The van der Waals surface area contributed by atoms with Crippen molar-refractivity contribution in [2.45, 2.75) is 37.0 Å². The Morgan fingerprint density at radius 2 is 2.04 bits per heavy atom. The summed E-state index contributed by atoms with van der Waals surface area (Å²) >= 11 is 0. The zero-order valence-electron chi connectivity index (χ0n) is 15.1. The van der Waals surface area contributed by atoms with Gasteiger partial charge in [-0.1, -0.05) is 6.07 Å². The van der Waals surface area contributed by atoms with E-state index < -0.39 is 35.2 Å². The number of nitrogens with zero attached hydrogens (tertiary/aromatic N) is 2. The number of carbonyl (C=O) groups excluding carboxylic acids is 1. The molecule has 0 radical (unpaired) electrons. The molecule has 2 fully saturated rings. The van der Waals surface area contributed by atoms with Crippen LogP contribution in [0.1, 0.15) is 30.4 Å². The first-order chi connectivity index (χ1) is 13.1. The summed E-state index contributed by atoms with van der Waals surface area (Å²) in [5.41, 5.74) is -1.97. The summed E-state index contributed by atoms with van der Waals surface area (Å²) in [5, 5.41) is 9.19. The fourth-order valence-electron chi connectivity index (χ4n) is 3.69. The molecule has 1 saturated carbocycles. The molecule has 1 aromatic carbocycles. The smallest absolute Gasteiger partial charge is 0.419 e. The Balaban J connectivity index is 1.91. The van der Waals surface area contributed by atoms with E-state index in [1.54, 1.807) is 4.90 Å². The third-order valence-electron chi connectivity index (χ3n) is 5.51. The van der Waals surface area contributed by atoms with E-state index in [2.05, 4.69) is 0 Å². The number of hydrogen-bond acceptors (Lipinski definition) is 4. The Bertz CT molecular complexity index is 779. The molecule has 6 nitrogen and oxygen atoms in total. The highest BCUT2D eigenvalue weighted by Crippen LogP contribution is 2.52. The minimum absolute atomic E-state index is 0.181.